The van der Waals surface area contributed by atoms with Crippen LogP contribution < -0.4 is 5.14 Å². The molecule has 0 saturated carbocycles. The molecule has 0 aromatic rings. The summed E-state index contributed by atoms with van der Waals surface area (Å²) in [7, 11) is -2.16. The molecule has 0 aromatic heterocycles. The van der Waals surface area contributed by atoms with E-state index in [0.717, 1.165) is 0 Å². The maximum atomic E-state index is 9.38. The molecule has 0 bridgehead atoms. The zero-order chi connectivity index (χ0) is 4.28. The summed E-state index contributed by atoms with van der Waals surface area (Å²) < 4.78 is 18.6. The van der Waals surface area contributed by atoms with E-state index in [1.807, 2.05) is 0 Å². The zero-order valence-corrected chi connectivity index (χ0v) is 3.96. The van der Waals surface area contributed by atoms with E-state index >= 15 is 0 Å². The molecule has 2 N–H and O–H groups in total. The fraction of sp³-hybridized carbons (Fsp3) is 0. The van der Waals surface area contributed by atoms with Crippen LogP contribution in [0.5, 0.6) is 0 Å². The third-order valence-corrected chi connectivity index (χ3v) is 0.661. The van der Waals surface area contributed by atoms with E-state index in [1.165, 1.54) is 0 Å². The third-order valence-electron chi connectivity index (χ3n) is 0.0735. The van der Waals surface area contributed by atoms with Gasteiger partial charge in [-0.2, -0.15) is 0 Å². The molecule has 0 spiro atoms. The molecule has 0 unspecified atom stereocenters. The molecule has 0 heterocycles. The van der Waals surface area contributed by atoms with Crippen LogP contribution in [0.1, 0.15) is 0 Å². The van der Waals surface area contributed by atoms with Crippen molar-refractivity contribution in [3.63, 3.8) is 0 Å². The summed E-state index contributed by atoms with van der Waals surface area (Å²) in [6, 6.07) is 0. The van der Waals surface area contributed by atoms with Crippen molar-refractivity contribution in [1.82, 2.24) is 0 Å². The summed E-state index contributed by atoms with van der Waals surface area (Å²) in [6.07, 6.45) is 0. The van der Waals surface area contributed by atoms with Gasteiger partial charge in [0.1, 0.15) is 0 Å². The van der Waals surface area contributed by atoms with Crippen LogP contribution in [0.25, 0.3) is 0 Å². The Morgan fingerprint density at radius 1 is 1.80 bits per heavy atom. The van der Waals surface area contributed by atoms with E-state index in [4.69, 9.17) is 0 Å². The Labute approximate surface area is 31.8 Å². The van der Waals surface area contributed by atoms with Gasteiger partial charge in [0.15, 0.2) is 0 Å². The van der Waals surface area contributed by atoms with E-state index in [0.29, 0.717) is 0 Å². The van der Waals surface area contributed by atoms with Crippen LogP contribution in [-0.2, 0) is 14.5 Å². The van der Waals surface area contributed by atoms with Crippen LogP contribution in [0.4, 0.5) is 0 Å². The first-order valence-corrected chi connectivity index (χ1v) is 3.40. The second-order valence-corrected chi connectivity index (χ2v) is 2.58. The molecule has 0 fully saturated rings. The van der Waals surface area contributed by atoms with Gasteiger partial charge in [-0.15, -0.1) is 0 Å². The molecule has 0 aliphatic heterocycles. The van der Waals surface area contributed by atoms with Crippen molar-refractivity contribution < 1.29 is 8.77 Å². The number of nitrogens with two attached hydrogens (primary N) is 1. The monoisotopic (exact) mass is 111 g/mol. The van der Waals surface area contributed by atoms with Crippen molar-refractivity contribution in [3.8, 4) is 0 Å². The molecule has 0 atom stereocenters. The van der Waals surface area contributed by atoms with Gasteiger partial charge in [-0.1, -0.05) is 0 Å². The molecular weight excluding hydrogens is 109 g/mol. The molecule has 0 radical (unpaired) electrons. The van der Waals surface area contributed by atoms with Gasteiger partial charge in [0, 0.05) is 0 Å². The summed E-state index contributed by atoms with van der Waals surface area (Å²) in [5.74, 6) is 0. The normalized spacial score (nSPS) is 6.60. The Bertz CT molecular complexity index is 163. The Balaban J connectivity index is 4.73. The Morgan fingerprint density at radius 3 is 2.00 bits per heavy atom. The molecular formula is H2NO2PS. The summed E-state index contributed by atoms with van der Waals surface area (Å²) in [4.78, 5) is 0. The molecule has 5 heteroatoms. The van der Waals surface area contributed by atoms with Gasteiger partial charge < -0.3 is 0 Å². The number of rotatable bonds is 0. The Morgan fingerprint density at radius 2 is 2.00 bits per heavy atom. The van der Waals surface area contributed by atoms with Crippen molar-refractivity contribution in [1.29, 1.82) is 0 Å². The van der Waals surface area contributed by atoms with Gasteiger partial charge in [-0.25, -0.2) is 0 Å². The topological polar surface area (TPSA) is 60.2 Å². The maximum absolute atomic E-state index is 9.38. The minimum atomic E-state index is -1.66. The van der Waals surface area contributed by atoms with E-state index in [2.05, 4.69) is 5.14 Å². The van der Waals surface area contributed by atoms with Gasteiger partial charge in [-0.05, 0) is 0 Å². The van der Waals surface area contributed by atoms with Gasteiger partial charge in [0.05, 0.1) is 0 Å². The molecule has 3 nitrogen and oxygen atoms in total. The van der Waals surface area contributed by atoms with Crippen LogP contribution >= 0.6 is 7.03 Å². The van der Waals surface area contributed by atoms with Gasteiger partial charge >= 0.3 is 30.9 Å². The van der Waals surface area contributed by atoms with E-state index in [1.54, 1.807) is 0 Å². The van der Waals surface area contributed by atoms with Gasteiger partial charge in [0.25, 0.3) is 0 Å². The molecule has 0 aliphatic rings. The molecule has 5 heavy (non-hydrogen) atoms. The Hall–Kier alpha value is 0.210. The molecule has 0 aromatic carbocycles. The second kappa shape index (κ2) is 2.45. The predicted molar refractivity (Wildman–Crippen MR) is 19.9 cm³/mol. The molecule has 0 rings (SSSR count). The summed E-state index contributed by atoms with van der Waals surface area (Å²) in [5, 5.41) is 4.44. The molecule has 0 amide bonds. The third kappa shape index (κ3) is 4.21. The van der Waals surface area contributed by atoms with E-state index in [-0.39, 0.29) is 0 Å². The molecule has 30 valence electrons. The van der Waals surface area contributed by atoms with Crippen molar-refractivity contribution in [2.45, 2.75) is 0 Å². The quantitative estimate of drug-likeness (QED) is 0.440. The van der Waals surface area contributed by atoms with Crippen molar-refractivity contribution >= 4 is 17.0 Å². The molecule has 0 saturated heterocycles. The first-order valence-electron chi connectivity index (χ1n) is 0.768. The number of hydrogen-bond acceptors (Lipinski definition) is 2. The van der Waals surface area contributed by atoms with Crippen LogP contribution in [0.15, 0.2) is 0 Å². The predicted octanol–water partition coefficient (Wildman–Crippen LogP) is -0.184. The molecule has 0 aliphatic carbocycles. The SMILES string of the molecule is NS(=O)#P=O. The zero-order valence-electron chi connectivity index (χ0n) is 2.25. The van der Waals surface area contributed by atoms with Crippen LogP contribution in [0.3, 0.4) is 0 Å². The average Bonchev–Trinajstić information content (AvgIpc) is 1.38. The van der Waals surface area contributed by atoms with Crippen LogP contribution in [0, 0.1) is 0 Å². The van der Waals surface area contributed by atoms with Gasteiger partial charge in [-0.3, -0.25) is 0 Å². The van der Waals surface area contributed by atoms with Crippen molar-refractivity contribution in [3.05, 3.63) is 0 Å². The summed E-state index contributed by atoms with van der Waals surface area (Å²) in [6.45, 7) is 0. The number of hydrogen-bond donors (Lipinski definition) is 1. The Kier molecular flexibility index (Phi) is 2.55. The van der Waals surface area contributed by atoms with Crippen LogP contribution in [0.2, 0.25) is 0 Å². The van der Waals surface area contributed by atoms with E-state index in [9.17, 15) is 8.77 Å². The standard InChI is InChI=1S/H2NO2PS/c1-5(3)4-2/h(H2,1,3). The summed E-state index contributed by atoms with van der Waals surface area (Å²) >= 11 is 0. The second-order valence-electron chi connectivity index (χ2n) is 0.351. The first kappa shape index (κ1) is 5.21. The van der Waals surface area contributed by atoms with Crippen molar-refractivity contribution in [2.75, 3.05) is 0 Å². The first-order chi connectivity index (χ1) is 2.27. The van der Waals surface area contributed by atoms with E-state index < -0.39 is 17.0 Å². The fourth-order valence-corrected chi connectivity index (χ4v) is 0. The van der Waals surface area contributed by atoms with Crippen molar-refractivity contribution in [2.24, 2.45) is 5.14 Å². The summed E-state index contributed by atoms with van der Waals surface area (Å²) in [5.41, 5.74) is 0. The fourth-order valence-electron chi connectivity index (χ4n) is 0. The minimum absolute atomic E-state index is 0.503. The average molecular weight is 111 g/mol. The van der Waals surface area contributed by atoms with Crippen LogP contribution in [-0.4, -0.2) is 4.21 Å². The van der Waals surface area contributed by atoms with Gasteiger partial charge in [0.2, 0.25) is 0 Å².